The van der Waals surface area contributed by atoms with Gasteiger partial charge in [-0.2, -0.15) is 0 Å². The van der Waals surface area contributed by atoms with Crippen molar-refractivity contribution < 1.29 is 14.3 Å². The van der Waals surface area contributed by atoms with Gasteiger partial charge in [0.25, 0.3) is 0 Å². The number of hydrogen-bond donors (Lipinski definition) is 1. The smallest absolute Gasteiger partial charge is 0.118 e. The quantitative estimate of drug-likeness (QED) is 0.881. The summed E-state index contributed by atoms with van der Waals surface area (Å²) in [6, 6.07) is 9.57. The lowest BCUT2D eigenvalue weighted by molar-refractivity contribution is 0.176. The summed E-state index contributed by atoms with van der Waals surface area (Å²) in [6.45, 7) is 2.02. The minimum absolute atomic E-state index is 0.521. The highest BCUT2D eigenvalue weighted by Crippen LogP contribution is 2.24. The van der Waals surface area contributed by atoms with Crippen LogP contribution < -0.4 is 4.74 Å². The minimum Gasteiger partial charge on any atom is -0.497 e. The highest BCUT2D eigenvalue weighted by Gasteiger charge is 2.14. The largest absolute Gasteiger partial charge is 0.497 e. The number of rotatable bonds is 5. The van der Waals surface area contributed by atoms with Crippen molar-refractivity contribution in [2.75, 3.05) is 7.11 Å². The predicted octanol–water partition coefficient (Wildman–Crippen LogP) is 3.13. The normalized spacial score (nSPS) is 12.4. The third kappa shape index (κ3) is 2.74. The molecule has 0 radical (unpaired) electrons. The Bertz CT molecular complexity index is 485. The maximum absolute atomic E-state index is 10.2. The number of aliphatic hydroxyl groups excluding tert-OH is 1. The van der Waals surface area contributed by atoms with Gasteiger partial charge in [0.2, 0.25) is 0 Å². The SMILES string of the molecule is CCc1occc1C(O)Cc1ccc(OC)cc1. The number of aliphatic hydroxyl groups is 1. The number of hydrogen-bond acceptors (Lipinski definition) is 3. The highest BCUT2D eigenvalue weighted by atomic mass is 16.5. The third-order valence-corrected chi connectivity index (χ3v) is 3.05. The fraction of sp³-hybridized carbons (Fsp3) is 0.333. The Morgan fingerprint density at radius 1 is 1.22 bits per heavy atom. The fourth-order valence-corrected chi connectivity index (χ4v) is 2.03. The van der Waals surface area contributed by atoms with Crippen LogP contribution in [0.2, 0.25) is 0 Å². The van der Waals surface area contributed by atoms with E-state index in [2.05, 4.69) is 0 Å². The van der Waals surface area contributed by atoms with Crippen LogP contribution >= 0.6 is 0 Å². The molecular formula is C15H18O3. The van der Waals surface area contributed by atoms with Crippen LogP contribution in [0.3, 0.4) is 0 Å². The second-order valence-corrected chi connectivity index (χ2v) is 4.22. The Morgan fingerprint density at radius 2 is 1.94 bits per heavy atom. The fourth-order valence-electron chi connectivity index (χ4n) is 2.03. The molecule has 1 aromatic heterocycles. The molecule has 2 aromatic rings. The molecule has 0 fully saturated rings. The summed E-state index contributed by atoms with van der Waals surface area (Å²) < 4.78 is 10.4. The number of benzene rings is 1. The Balaban J connectivity index is 2.08. The number of methoxy groups -OCH3 is 1. The molecule has 0 saturated carbocycles. The van der Waals surface area contributed by atoms with E-state index >= 15 is 0 Å². The summed E-state index contributed by atoms with van der Waals surface area (Å²) in [4.78, 5) is 0. The Hall–Kier alpha value is -1.74. The molecule has 96 valence electrons. The Kier molecular flexibility index (Phi) is 4.05. The van der Waals surface area contributed by atoms with Gasteiger partial charge in [0, 0.05) is 18.4 Å². The molecule has 3 heteroatoms. The van der Waals surface area contributed by atoms with Crippen molar-refractivity contribution in [2.45, 2.75) is 25.9 Å². The van der Waals surface area contributed by atoms with Gasteiger partial charge in [0.15, 0.2) is 0 Å². The van der Waals surface area contributed by atoms with Gasteiger partial charge in [-0.05, 0) is 23.8 Å². The van der Waals surface area contributed by atoms with Crippen molar-refractivity contribution in [2.24, 2.45) is 0 Å². The molecule has 0 amide bonds. The highest BCUT2D eigenvalue weighted by molar-refractivity contribution is 5.29. The lowest BCUT2D eigenvalue weighted by Crippen LogP contribution is -2.03. The van der Waals surface area contributed by atoms with Crippen molar-refractivity contribution in [3.8, 4) is 5.75 Å². The Morgan fingerprint density at radius 3 is 2.56 bits per heavy atom. The van der Waals surface area contributed by atoms with Crippen LogP contribution in [-0.2, 0) is 12.8 Å². The maximum atomic E-state index is 10.2. The standard InChI is InChI=1S/C15H18O3/c1-3-15-13(8-9-18-15)14(16)10-11-4-6-12(17-2)7-5-11/h4-9,14,16H,3,10H2,1-2H3. The summed E-state index contributed by atoms with van der Waals surface area (Å²) in [5.74, 6) is 1.68. The zero-order chi connectivity index (χ0) is 13.0. The van der Waals surface area contributed by atoms with Crippen LogP contribution in [0.5, 0.6) is 5.75 Å². The molecule has 1 heterocycles. The molecule has 1 N–H and O–H groups in total. The molecule has 0 spiro atoms. The molecule has 1 aromatic carbocycles. The molecule has 0 aliphatic rings. The molecule has 0 aliphatic heterocycles. The zero-order valence-corrected chi connectivity index (χ0v) is 10.7. The third-order valence-electron chi connectivity index (χ3n) is 3.05. The van der Waals surface area contributed by atoms with Gasteiger partial charge in [0.1, 0.15) is 11.5 Å². The van der Waals surface area contributed by atoms with Crippen molar-refractivity contribution in [1.29, 1.82) is 0 Å². The molecule has 0 bridgehead atoms. The van der Waals surface area contributed by atoms with Crippen LogP contribution in [0.4, 0.5) is 0 Å². The van der Waals surface area contributed by atoms with Crippen molar-refractivity contribution >= 4 is 0 Å². The lowest BCUT2D eigenvalue weighted by Gasteiger charge is -2.11. The van der Waals surface area contributed by atoms with Gasteiger partial charge in [-0.25, -0.2) is 0 Å². The van der Waals surface area contributed by atoms with E-state index < -0.39 is 6.10 Å². The molecule has 1 atom stereocenters. The first kappa shape index (κ1) is 12.7. The summed E-state index contributed by atoms with van der Waals surface area (Å²) in [7, 11) is 1.64. The van der Waals surface area contributed by atoms with Gasteiger partial charge < -0.3 is 14.3 Å². The first-order valence-electron chi connectivity index (χ1n) is 6.11. The van der Waals surface area contributed by atoms with E-state index in [1.165, 1.54) is 0 Å². The van der Waals surface area contributed by atoms with Crippen molar-refractivity contribution in [1.82, 2.24) is 0 Å². The monoisotopic (exact) mass is 246 g/mol. The molecule has 0 saturated heterocycles. The minimum atomic E-state index is -0.521. The molecule has 18 heavy (non-hydrogen) atoms. The van der Waals surface area contributed by atoms with Gasteiger partial charge in [-0.15, -0.1) is 0 Å². The van der Waals surface area contributed by atoms with Crippen LogP contribution in [0.15, 0.2) is 41.0 Å². The topological polar surface area (TPSA) is 42.6 Å². The van der Waals surface area contributed by atoms with Crippen molar-refractivity contribution in [3.63, 3.8) is 0 Å². The maximum Gasteiger partial charge on any atom is 0.118 e. The van der Waals surface area contributed by atoms with Crippen molar-refractivity contribution in [3.05, 3.63) is 53.5 Å². The first-order chi connectivity index (χ1) is 8.74. The van der Waals surface area contributed by atoms with Gasteiger partial charge in [0.05, 0.1) is 19.5 Å². The van der Waals surface area contributed by atoms with Gasteiger partial charge >= 0.3 is 0 Å². The number of furan rings is 1. The molecule has 3 nitrogen and oxygen atoms in total. The summed E-state index contributed by atoms with van der Waals surface area (Å²) in [5.41, 5.74) is 1.96. The lowest BCUT2D eigenvalue weighted by atomic mass is 10.0. The number of aryl methyl sites for hydroxylation is 1. The van der Waals surface area contributed by atoms with E-state index in [9.17, 15) is 5.11 Å². The van der Waals surface area contributed by atoms with E-state index in [-0.39, 0.29) is 0 Å². The zero-order valence-electron chi connectivity index (χ0n) is 10.7. The van der Waals surface area contributed by atoms with Gasteiger partial charge in [-0.1, -0.05) is 19.1 Å². The van der Waals surface area contributed by atoms with E-state index in [1.54, 1.807) is 13.4 Å². The van der Waals surface area contributed by atoms with Crippen LogP contribution in [0.1, 0.15) is 29.9 Å². The molecule has 2 rings (SSSR count). The summed E-state index contributed by atoms with van der Waals surface area (Å²) >= 11 is 0. The van der Waals surface area contributed by atoms with E-state index in [4.69, 9.17) is 9.15 Å². The molecule has 0 aliphatic carbocycles. The van der Waals surface area contributed by atoms with Crippen LogP contribution in [0.25, 0.3) is 0 Å². The van der Waals surface area contributed by atoms with Crippen LogP contribution in [-0.4, -0.2) is 12.2 Å². The van der Waals surface area contributed by atoms with Crippen LogP contribution in [0, 0.1) is 0 Å². The molecular weight excluding hydrogens is 228 g/mol. The summed E-state index contributed by atoms with van der Waals surface area (Å²) in [6.07, 6.45) is 2.48. The second-order valence-electron chi connectivity index (χ2n) is 4.22. The second kappa shape index (κ2) is 5.74. The van der Waals surface area contributed by atoms with E-state index in [0.29, 0.717) is 6.42 Å². The number of ether oxygens (including phenoxy) is 1. The van der Waals surface area contributed by atoms with E-state index in [1.807, 2.05) is 37.3 Å². The Labute approximate surface area is 107 Å². The average Bonchev–Trinajstić information content (AvgIpc) is 2.88. The average molecular weight is 246 g/mol. The predicted molar refractivity (Wildman–Crippen MR) is 69.7 cm³/mol. The van der Waals surface area contributed by atoms with E-state index in [0.717, 1.165) is 29.1 Å². The molecule has 1 unspecified atom stereocenters. The van der Waals surface area contributed by atoms with Gasteiger partial charge in [-0.3, -0.25) is 0 Å². The first-order valence-corrected chi connectivity index (χ1v) is 6.11. The summed E-state index contributed by atoms with van der Waals surface area (Å²) in [5, 5.41) is 10.2.